The van der Waals surface area contributed by atoms with Crippen molar-refractivity contribution in [3.05, 3.63) is 44.4 Å². The molecule has 20 heavy (non-hydrogen) atoms. The lowest BCUT2D eigenvalue weighted by Crippen LogP contribution is -2.01. The molecule has 0 spiro atoms. The van der Waals surface area contributed by atoms with Crippen molar-refractivity contribution in [3.8, 4) is 0 Å². The number of hydrogen-bond donors (Lipinski definition) is 2. The average molecular weight is 383 g/mol. The lowest BCUT2D eigenvalue weighted by Gasteiger charge is -2.12. The quantitative estimate of drug-likeness (QED) is 0.715. The summed E-state index contributed by atoms with van der Waals surface area (Å²) in [4.78, 5) is 4.09. The SMILES string of the molecule is CNc1nc(Nc2cc(F)c(Br)cc2F)c(Cl)cc1Cl. The summed E-state index contributed by atoms with van der Waals surface area (Å²) < 4.78 is 27.2. The van der Waals surface area contributed by atoms with E-state index in [1.165, 1.54) is 6.07 Å². The van der Waals surface area contributed by atoms with E-state index in [1.807, 2.05) is 0 Å². The molecule has 0 saturated carbocycles. The van der Waals surface area contributed by atoms with E-state index in [0.717, 1.165) is 12.1 Å². The molecule has 1 aromatic heterocycles. The van der Waals surface area contributed by atoms with E-state index in [0.29, 0.717) is 10.8 Å². The van der Waals surface area contributed by atoms with E-state index >= 15 is 0 Å². The molecule has 1 aromatic carbocycles. The van der Waals surface area contributed by atoms with Crippen LogP contribution in [0.1, 0.15) is 0 Å². The second-order valence-electron chi connectivity index (χ2n) is 3.77. The number of nitrogens with zero attached hydrogens (tertiary/aromatic N) is 1. The molecular formula is C12H8BrCl2F2N3. The summed E-state index contributed by atoms with van der Waals surface area (Å²) in [5.74, 6) is -0.706. The van der Waals surface area contributed by atoms with Crippen molar-refractivity contribution in [2.45, 2.75) is 0 Å². The van der Waals surface area contributed by atoms with Gasteiger partial charge in [-0.25, -0.2) is 13.8 Å². The van der Waals surface area contributed by atoms with Gasteiger partial charge >= 0.3 is 0 Å². The van der Waals surface area contributed by atoms with Crippen molar-refractivity contribution >= 4 is 56.5 Å². The van der Waals surface area contributed by atoms with Crippen LogP contribution in [0.25, 0.3) is 0 Å². The topological polar surface area (TPSA) is 37.0 Å². The predicted molar refractivity (Wildman–Crippen MR) is 81.1 cm³/mol. The molecule has 3 nitrogen and oxygen atoms in total. The maximum absolute atomic E-state index is 13.7. The molecule has 0 atom stereocenters. The fourth-order valence-corrected chi connectivity index (χ4v) is 2.29. The Morgan fingerprint density at radius 2 is 1.70 bits per heavy atom. The third kappa shape index (κ3) is 3.13. The minimum atomic E-state index is -0.642. The maximum Gasteiger partial charge on any atom is 0.151 e. The third-order valence-corrected chi connectivity index (χ3v) is 3.61. The number of pyridine rings is 1. The molecule has 2 rings (SSSR count). The summed E-state index contributed by atoms with van der Waals surface area (Å²) in [7, 11) is 1.63. The maximum atomic E-state index is 13.7. The Hall–Kier alpha value is -1.11. The van der Waals surface area contributed by atoms with Crippen LogP contribution in [0.2, 0.25) is 10.0 Å². The van der Waals surface area contributed by atoms with Crippen molar-refractivity contribution in [3.63, 3.8) is 0 Å². The normalized spacial score (nSPS) is 10.5. The number of halogens is 5. The van der Waals surface area contributed by atoms with Gasteiger partial charge in [0.25, 0.3) is 0 Å². The van der Waals surface area contributed by atoms with Gasteiger partial charge in [0.15, 0.2) is 5.82 Å². The summed E-state index contributed by atoms with van der Waals surface area (Å²) in [5.41, 5.74) is -0.0792. The number of nitrogens with one attached hydrogen (secondary N) is 2. The van der Waals surface area contributed by atoms with Crippen LogP contribution in [0.3, 0.4) is 0 Å². The standard InChI is InChI=1S/C12H8BrCl2F2N3/c1-18-11-6(14)3-7(15)12(20-11)19-10-4-8(16)5(13)2-9(10)17/h2-4H,1H3,(H2,18,19,20). The van der Waals surface area contributed by atoms with Gasteiger partial charge in [-0.1, -0.05) is 23.2 Å². The van der Waals surface area contributed by atoms with E-state index in [9.17, 15) is 8.78 Å². The lowest BCUT2D eigenvalue weighted by atomic mass is 10.3. The first-order valence-electron chi connectivity index (χ1n) is 5.37. The molecule has 0 amide bonds. The van der Waals surface area contributed by atoms with Gasteiger partial charge < -0.3 is 10.6 Å². The molecular weight excluding hydrogens is 375 g/mol. The molecule has 0 radical (unpaired) electrons. The van der Waals surface area contributed by atoms with E-state index in [1.54, 1.807) is 7.05 Å². The second kappa shape index (κ2) is 6.11. The fraction of sp³-hybridized carbons (Fsp3) is 0.0833. The Balaban J connectivity index is 2.42. The summed E-state index contributed by atoms with van der Waals surface area (Å²) in [5, 5.41) is 5.92. The van der Waals surface area contributed by atoms with Gasteiger partial charge in [0.05, 0.1) is 20.2 Å². The monoisotopic (exact) mass is 381 g/mol. The first-order chi connectivity index (χ1) is 9.42. The van der Waals surface area contributed by atoms with E-state index in [2.05, 4.69) is 31.5 Å². The van der Waals surface area contributed by atoms with Crippen LogP contribution in [0.5, 0.6) is 0 Å². The van der Waals surface area contributed by atoms with E-state index in [-0.39, 0.29) is 21.0 Å². The van der Waals surface area contributed by atoms with Crippen molar-refractivity contribution in [2.24, 2.45) is 0 Å². The van der Waals surface area contributed by atoms with Crippen molar-refractivity contribution in [1.82, 2.24) is 4.98 Å². The number of benzene rings is 1. The zero-order valence-corrected chi connectivity index (χ0v) is 13.2. The molecule has 0 unspecified atom stereocenters. The first kappa shape index (κ1) is 15.3. The predicted octanol–water partition coefficient (Wildman–Crippen LogP) is 5.21. The van der Waals surface area contributed by atoms with E-state index in [4.69, 9.17) is 23.2 Å². The van der Waals surface area contributed by atoms with Crippen LogP contribution in [-0.2, 0) is 0 Å². The van der Waals surface area contributed by atoms with Crippen LogP contribution in [0, 0.1) is 11.6 Å². The molecule has 106 valence electrons. The number of hydrogen-bond acceptors (Lipinski definition) is 3. The molecule has 0 aliphatic rings. The smallest absolute Gasteiger partial charge is 0.151 e. The van der Waals surface area contributed by atoms with Crippen molar-refractivity contribution in [2.75, 3.05) is 17.7 Å². The van der Waals surface area contributed by atoms with Crippen LogP contribution in [-0.4, -0.2) is 12.0 Å². The van der Waals surface area contributed by atoms with E-state index < -0.39 is 11.6 Å². The van der Waals surface area contributed by atoms with Gasteiger partial charge in [0.2, 0.25) is 0 Å². The van der Waals surface area contributed by atoms with Gasteiger partial charge in [-0.05, 0) is 28.1 Å². The summed E-state index contributed by atoms with van der Waals surface area (Å²) in [6.07, 6.45) is 0. The Kier molecular flexibility index (Phi) is 4.67. The molecule has 0 aliphatic carbocycles. The van der Waals surface area contributed by atoms with Crippen LogP contribution < -0.4 is 10.6 Å². The molecule has 0 bridgehead atoms. The third-order valence-electron chi connectivity index (χ3n) is 2.43. The molecule has 0 fully saturated rings. The fourth-order valence-electron chi connectivity index (χ4n) is 1.48. The van der Waals surface area contributed by atoms with Gasteiger partial charge in [-0.3, -0.25) is 0 Å². The Morgan fingerprint density at radius 1 is 1.05 bits per heavy atom. The summed E-state index contributed by atoms with van der Waals surface area (Å²) >= 11 is 14.8. The number of aromatic nitrogens is 1. The first-order valence-corrected chi connectivity index (χ1v) is 6.92. The zero-order valence-electron chi connectivity index (χ0n) is 10.1. The van der Waals surface area contributed by atoms with Gasteiger partial charge in [-0.2, -0.15) is 0 Å². The van der Waals surface area contributed by atoms with Crippen molar-refractivity contribution in [1.29, 1.82) is 0 Å². The van der Waals surface area contributed by atoms with Crippen LogP contribution in [0.4, 0.5) is 26.1 Å². The highest BCUT2D eigenvalue weighted by atomic mass is 79.9. The second-order valence-corrected chi connectivity index (χ2v) is 5.44. The summed E-state index contributed by atoms with van der Waals surface area (Å²) in [6, 6.07) is 3.48. The minimum absolute atomic E-state index is 0.0339. The summed E-state index contributed by atoms with van der Waals surface area (Å²) in [6.45, 7) is 0. The highest BCUT2D eigenvalue weighted by molar-refractivity contribution is 9.10. The zero-order chi connectivity index (χ0) is 14.9. The Labute approximate surface area is 132 Å². The Morgan fingerprint density at radius 3 is 2.35 bits per heavy atom. The minimum Gasteiger partial charge on any atom is -0.372 e. The average Bonchev–Trinajstić information content (AvgIpc) is 2.38. The largest absolute Gasteiger partial charge is 0.372 e. The molecule has 0 aliphatic heterocycles. The van der Waals surface area contributed by atoms with Crippen molar-refractivity contribution < 1.29 is 8.78 Å². The lowest BCUT2D eigenvalue weighted by molar-refractivity contribution is 0.598. The molecule has 2 N–H and O–H groups in total. The molecule has 1 heterocycles. The highest BCUT2D eigenvalue weighted by Crippen LogP contribution is 2.32. The molecule has 2 aromatic rings. The van der Waals surface area contributed by atoms with Gasteiger partial charge in [-0.15, -0.1) is 0 Å². The molecule has 0 saturated heterocycles. The van der Waals surface area contributed by atoms with Gasteiger partial charge in [0, 0.05) is 13.1 Å². The highest BCUT2D eigenvalue weighted by Gasteiger charge is 2.13. The number of rotatable bonds is 3. The molecule has 8 heteroatoms. The number of anilines is 3. The van der Waals surface area contributed by atoms with Crippen LogP contribution in [0.15, 0.2) is 22.7 Å². The Bertz CT molecular complexity index is 668. The van der Waals surface area contributed by atoms with Gasteiger partial charge in [0.1, 0.15) is 17.5 Å². The van der Waals surface area contributed by atoms with Crippen LogP contribution >= 0.6 is 39.1 Å².